The van der Waals surface area contributed by atoms with Gasteiger partial charge in [-0.15, -0.1) is 0 Å². The first kappa shape index (κ1) is 12.8. The summed E-state index contributed by atoms with van der Waals surface area (Å²) in [5.74, 6) is 0. The van der Waals surface area contributed by atoms with Crippen LogP contribution in [-0.2, 0) is 0 Å². The molecule has 82 valence electrons. The Morgan fingerprint density at radius 1 is 1.33 bits per heavy atom. The highest BCUT2D eigenvalue weighted by Gasteiger charge is 2.34. The van der Waals surface area contributed by atoms with Gasteiger partial charge in [-0.05, 0) is 34.1 Å². The van der Waals surface area contributed by atoms with Crippen LogP contribution in [0.15, 0.2) is 27.7 Å². The first-order chi connectivity index (χ1) is 6.80. The van der Waals surface area contributed by atoms with Gasteiger partial charge in [0.2, 0.25) is 5.17 Å². The molecule has 0 heterocycles. The van der Waals surface area contributed by atoms with Crippen LogP contribution in [-0.4, -0.2) is 11.3 Å². The third-order valence-electron chi connectivity index (χ3n) is 1.36. The van der Waals surface area contributed by atoms with Crippen LogP contribution in [0.2, 0.25) is 5.02 Å². The molecule has 0 aromatic heterocycles. The number of alkyl halides is 3. The fraction of sp³-hybridized carbons (Fsp3) is 0.125. The Morgan fingerprint density at radius 3 is 2.40 bits per heavy atom. The van der Waals surface area contributed by atoms with Crippen molar-refractivity contribution in [3.8, 4) is 0 Å². The number of benzene rings is 1. The first-order valence-corrected chi connectivity index (χ1v) is 5.12. The molecule has 0 atom stereocenters. The minimum absolute atomic E-state index is 0.0710. The molecule has 0 saturated carbocycles. The van der Waals surface area contributed by atoms with E-state index in [0.29, 0.717) is 9.50 Å². The Labute approximate surface area is 102 Å². The predicted molar refractivity (Wildman–Crippen MR) is 58.2 cm³/mol. The van der Waals surface area contributed by atoms with Gasteiger partial charge in [0.1, 0.15) is 0 Å². The van der Waals surface area contributed by atoms with Gasteiger partial charge in [-0.25, -0.2) is 4.99 Å². The summed E-state index contributed by atoms with van der Waals surface area (Å²) in [5, 5.41) is -1.03. The molecule has 1 rings (SSSR count). The molecule has 0 saturated heterocycles. The topological polar surface area (TPSA) is 12.4 Å². The van der Waals surface area contributed by atoms with Gasteiger partial charge in [0.05, 0.1) is 5.69 Å². The van der Waals surface area contributed by atoms with Crippen molar-refractivity contribution in [1.82, 2.24) is 0 Å². The highest BCUT2D eigenvalue weighted by atomic mass is 79.9. The molecule has 0 spiro atoms. The maximum atomic E-state index is 12.0. The lowest BCUT2D eigenvalue weighted by Crippen LogP contribution is -2.16. The number of halogens is 6. The summed E-state index contributed by atoms with van der Waals surface area (Å²) >= 11 is 13.6. The molecule has 0 aliphatic carbocycles. The second-order valence-electron chi connectivity index (χ2n) is 2.50. The van der Waals surface area contributed by atoms with E-state index in [2.05, 4.69) is 20.9 Å². The van der Waals surface area contributed by atoms with Crippen LogP contribution < -0.4 is 0 Å². The molecule has 0 N–H and O–H groups in total. The number of rotatable bonds is 1. The fourth-order valence-electron chi connectivity index (χ4n) is 0.741. The van der Waals surface area contributed by atoms with Gasteiger partial charge >= 0.3 is 6.18 Å². The van der Waals surface area contributed by atoms with Gasteiger partial charge in [0.15, 0.2) is 0 Å². The van der Waals surface area contributed by atoms with Crippen molar-refractivity contribution in [2.45, 2.75) is 6.18 Å². The molecular weight excluding hydrogens is 318 g/mol. The monoisotopic (exact) mass is 319 g/mol. The fourth-order valence-corrected chi connectivity index (χ4v) is 1.60. The van der Waals surface area contributed by atoms with Crippen LogP contribution in [0, 0.1) is 0 Å². The van der Waals surface area contributed by atoms with Crippen LogP contribution in [0.3, 0.4) is 0 Å². The third-order valence-corrected chi connectivity index (χ3v) is 2.53. The van der Waals surface area contributed by atoms with Crippen LogP contribution in [0.5, 0.6) is 0 Å². The Morgan fingerprint density at radius 2 is 1.93 bits per heavy atom. The summed E-state index contributed by atoms with van der Waals surface area (Å²) in [4.78, 5) is 3.22. The van der Waals surface area contributed by atoms with Crippen molar-refractivity contribution in [3.05, 3.63) is 27.7 Å². The molecule has 0 bridgehead atoms. The lowest BCUT2D eigenvalue weighted by molar-refractivity contribution is -0.0558. The maximum absolute atomic E-state index is 12.0. The first-order valence-electron chi connectivity index (χ1n) is 3.57. The summed E-state index contributed by atoms with van der Waals surface area (Å²) in [6.45, 7) is 0. The predicted octanol–water partition coefficient (Wildman–Crippen LogP) is 4.93. The zero-order chi connectivity index (χ0) is 11.6. The third kappa shape index (κ3) is 3.66. The largest absolute Gasteiger partial charge is 0.444 e. The standard InChI is InChI=1S/C8H3BrCl2F3N/c9-5-3-4(10)1-2-6(5)15-7(11)8(12,13)14/h1-3H. The lowest BCUT2D eigenvalue weighted by atomic mass is 10.3. The van der Waals surface area contributed by atoms with E-state index in [1.807, 2.05) is 0 Å². The van der Waals surface area contributed by atoms with E-state index in [4.69, 9.17) is 23.2 Å². The maximum Gasteiger partial charge on any atom is 0.444 e. The molecule has 7 heteroatoms. The van der Waals surface area contributed by atoms with Crippen molar-refractivity contribution >= 4 is 50.0 Å². The number of hydrogen-bond donors (Lipinski definition) is 0. The minimum Gasteiger partial charge on any atom is -0.231 e. The smallest absolute Gasteiger partial charge is 0.231 e. The number of aliphatic imine (C=N–C) groups is 1. The van der Waals surface area contributed by atoms with Crippen molar-refractivity contribution < 1.29 is 13.2 Å². The van der Waals surface area contributed by atoms with Gasteiger partial charge in [-0.2, -0.15) is 13.2 Å². The second kappa shape index (κ2) is 4.72. The van der Waals surface area contributed by atoms with Crippen LogP contribution >= 0.6 is 39.1 Å². The average molecular weight is 321 g/mol. The van der Waals surface area contributed by atoms with Gasteiger partial charge in [0.25, 0.3) is 0 Å². The van der Waals surface area contributed by atoms with Crippen molar-refractivity contribution in [2.75, 3.05) is 0 Å². The molecule has 0 aliphatic heterocycles. The van der Waals surface area contributed by atoms with Crippen molar-refractivity contribution in [2.24, 2.45) is 4.99 Å². The second-order valence-corrected chi connectivity index (χ2v) is 4.14. The lowest BCUT2D eigenvalue weighted by Gasteiger charge is -2.04. The summed E-state index contributed by atoms with van der Waals surface area (Å²) in [7, 11) is 0. The molecule has 0 unspecified atom stereocenters. The Bertz CT molecular complexity index is 403. The van der Waals surface area contributed by atoms with Crippen LogP contribution in [0.1, 0.15) is 0 Å². The molecule has 0 aliphatic rings. The van der Waals surface area contributed by atoms with Gasteiger partial charge in [0, 0.05) is 9.50 Å². The average Bonchev–Trinajstić information content (AvgIpc) is 2.08. The summed E-state index contributed by atoms with van der Waals surface area (Å²) in [5.41, 5.74) is 0.0710. The zero-order valence-electron chi connectivity index (χ0n) is 6.95. The van der Waals surface area contributed by atoms with Crippen molar-refractivity contribution in [3.63, 3.8) is 0 Å². The number of nitrogens with zero attached hydrogens (tertiary/aromatic N) is 1. The summed E-state index contributed by atoms with van der Waals surface area (Å²) < 4.78 is 36.5. The van der Waals surface area contributed by atoms with Crippen molar-refractivity contribution in [1.29, 1.82) is 0 Å². The molecule has 0 fully saturated rings. The molecule has 0 amide bonds. The molecule has 1 nitrogen and oxygen atoms in total. The SMILES string of the molecule is FC(F)(F)C(Cl)=Nc1ccc(Cl)cc1Br. The quantitative estimate of drug-likeness (QED) is 0.650. The molecule has 0 radical (unpaired) electrons. The molecule has 1 aromatic carbocycles. The molecular formula is C8H3BrCl2F3N. The van der Waals surface area contributed by atoms with Crippen LogP contribution in [0.4, 0.5) is 18.9 Å². The Kier molecular flexibility index (Phi) is 4.03. The molecule has 1 aromatic rings. The van der Waals surface area contributed by atoms with E-state index in [0.717, 1.165) is 0 Å². The highest BCUT2D eigenvalue weighted by molar-refractivity contribution is 9.10. The van der Waals surface area contributed by atoms with Crippen LogP contribution in [0.25, 0.3) is 0 Å². The summed E-state index contributed by atoms with van der Waals surface area (Å²) in [6, 6.07) is 4.19. The van der Waals surface area contributed by atoms with Gasteiger partial charge in [-0.1, -0.05) is 23.2 Å². The van der Waals surface area contributed by atoms with E-state index < -0.39 is 11.3 Å². The molecule has 15 heavy (non-hydrogen) atoms. The number of hydrogen-bond acceptors (Lipinski definition) is 1. The Hall–Kier alpha value is -0.260. The normalized spacial score (nSPS) is 13.1. The zero-order valence-corrected chi connectivity index (χ0v) is 10.0. The Balaban J connectivity index is 3.09. The van der Waals surface area contributed by atoms with E-state index in [1.54, 1.807) is 0 Å². The minimum atomic E-state index is -4.64. The van der Waals surface area contributed by atoms with E-state index in [1.165, 1.54) is 18.2 Å². The van der Waals surface area contributed by atoms with E-state index in [9.17, 15) is 13.2 Å². The van der Waals surface area contributed by atoms with Gasteiger partial charge < -0.3 is 0 Å². The van der Waals surface area contributed by atoms with E-state index in [-0.39, 0.29) is 5.69 Å². The summed E-state index contributed by atoms with van der Waals surface area (Å²) in [6.07, 6.45) is -4.64. The highest BCUT2D eigenvalue weighted by Crippen LogP contribution is 2.31. The van der Waals surface area contributed by atoms with Gasteiger partial charge in [-0.3, -0.25) is 0 Å². The van der Waals surface area contributed by atoms with E-state index >= 15 is 0 Å².